The van der Waals surface area contributed by atoms with E-state index in [4.69, 9.17) is 0 Å². The number of halogens is 1. The molecule has 1 aromatic heterocycles. The van der Waals surface area contributed by atoms with Gasteiger partial charge in [0.1, 0.15) is 5.82 Å². The predicted octanol–water partition coefficient (Wildman–Crippen LogP) is 2.52. The summed E-state index contributed by atoms with van der Waals surface area (Å²) < 4.78 is 18.0. The van der Waals surface area contributed by atoms with Crippen molar-refractivity contribution in [2.75, 3.05) is 0 Å². The summed E-state index contributed by atoms with van der Waals surface area (Å²) >= 11 is 0. The summed E-state index contributed by atoms with van der Waals surface area (Å²) in [6.07, 6.45) is 2.74. The van der Waals surface area contributed by atoms with Gasteiger partial charge in [-0.05, 0) is 17.7 Å². The maximum Gasteiger partial charge on any atom is 0.214 e. The molecule has 0 unspecified atom stereocenters. The van der Waals surface area contributed by atoms with Gasteiger partial charge in [-0.1, -0.05) is 23.9 Å². The molecule has 14 heavy (non-hydrogen) atoms. The zero-order valence-electron chi connectivity index (χ0n) is 7.27. The van der Waals surface area contributed by atoms with Crippen molar-refractivity contribution in [1.82, 2.24) is 10.1 Å². The topological polar surface area (TPSA) is 38.9 Å². The van der Waals surface area contributed by atoms with Crippen molar-refractivity contribution >= 4 is 6.08 Å². The van der Waals surface area contributed by atoms with Crippen LogP contribution in [0.15, 0.2) is 35.7 Å². The van der Waals surface area contributed by atoms with E-state index < -0.39 is 0 Å². The third-order valence-corrected chi connectivity index (χ3v) is 1.83. The summed E-state index contributed by atoms with van der Waals surface area (Å²) in [4.78, 5) is 3.76. The van der Waals surface area contributed by atoms with Crippen LogP contribution in [-0.2, 0) is 0 Å². The minimum Gasteiger partial charge on any atom is -0.342 e. The summed E-state index contributed by atoms with van der Waals surface area (Å²) in [6.45, 7) is 3.55. The number of hydrogen-bond donors (Lipinski definition) is 0. The number of benzene rings is 1. The average Bonchev–Trinajstić information content (AvgIpc) is 2.70. The van der Waals surface area contributed by atoms with E-state index in [0.717, 1.165) is 12.0 Å². The van der Waals surface area contributed by atoms with Crippen molar-refractivity contribution < 1.29 is 8.91 Å². The largest absolute Gasteiger partial charge is 0.342 e. The van der Waals surface area contributed by atoms with Gasteiger partial charge in [-0.2, -0.15) is 4.98 Å². The summed E-state index contributed by atoms with van der Waals surface area (Å²) in [5.41, 5.74) is 1.04. The van der Waals surface area contributed by atoms with Gasteiger partial charge in [0, 0.05) is 0 Å². The summed E-state index contributed by atoms with van der Waals surface area (Å²) in [6, 6.07) is 4.71. The van der Waals surface area contributed by atoms with Crippen molar-refractivity contribution in [1.29, 1.82) is 0 Å². The first-order valence-corrected chi connectivity index (χ1v) is 4.00. The highest BCUT2D eigenvalue weighted by atomic mass is 19.1. The Hall–Kier alpha value is -1.97. The van der Waals surface area contributed by atoms with Crippen LogP contribution in [0.5, 0.6) is 0 Å². The van der Waals surface area contributed by atoms with Crippen molar-refractivity contribution in [2.24, 2.45) is 0 Å². The molecular weight excluding hydrogens is 183 g/mol. The Labute approximate surface area is 79.9 Å². The highest BCUT2D eigenvalue weighted by Gasteiger charge is 2.08. The monoisotopic (exact) mass is 190 g/mol. The van der Waals surface area contributed by atoms with Crippen molar-refractivity contribution in [3.8, 4) is 11.4 Å². The molecule has 0 bridgehead atoms. The molecule has 0 aliphatic rings. The van der Waals surface area contributed by atoms with Crippen molar-refractivity contribution in [3.05, 3.63) is 42.6 Å². The first-order chi connectivity index (χ1) is 6.81. The Kier molecular flexibility index (Phi) is 2.10. The Balaban J connectivity index is 2.51. The van der Waals surface area contributed by atoms with Gasteiger partial charge in [-0.15, -0.1) is 0 Å². The minimum absolute atomic E-state index is 0.248. The minimum atomic E-state index is -0.385. The van der Waals surface area contributed by atoms with Crippen LogP contribution >= 0.6 is 0 Å². The molecule has 0 spiro atoms. The van der Waals surface area contributed by atoms with Gasteiger partial charge in [0.2, 0.25) is 12.2 Å². The van der Waals surface area contributed by atoms with E-state index in [2.05, 4.69) is 21.2 Å². The second-order valence-electron chi connectivity index (χ2n) is 2.70. The van der Waals surface area contributed by atoms with Crippen LogP contribution in [0.3, 0.4) is 0 Å². The van der Waals surface area contributed by atoms with Crippen LogP contribution in [-0.4, -0.2) is 10.1 Å². The van der Waals surface area contributed by atoms with Crippen LogP contribution < -0.4 is 0 Å². The van der Waals surface area contributed by atoms with Crippen molar-refractivity contribution in [3.63, 3.8) is 0 Å². The first-order valence-electron chi connectivity index (χ1n) is 4.00. The number of hydrogen-bond acceptors (Lipinski definition) is 3. The van der Waals surface area contributed by atoms with E-state index >= 15 is 0 Å². The van der Waals surface area contributed by atoms with E-state index in [1.54, 1.807) is 18.2 Å². The third kappa shape index (κ3) is 1.42. The summed E-state index contributed by atoms with van der Waals surface area (Å²) in [5.74, 6) is -0.137. The SMILES string of the molecule is C=Cc1ccc(-c2ncon2)c(F)c1. The molecule has 0 aliphatic heterocycles. The van der Waals surface area contributed by atoms with Gasteiger partial charge in [-0.25, -0.2) is 4.39 Å². The first kappa shape index (κ1) is 8.62. The fourth-order valence-electron chi connectivity index (χ4n) is 1.13. The van der Waals surface area contributed by atoms with Crippen LogP contribution in [0.4, 0.5) is 4.39 Å². The van der Waals surface area contributed by atoms with Crippen molar-refractivity contribution in [2.45, 2.75) is 0 Å². The lowest BCUT2D eigenvalue weighted by Gasteiger charge is -1.98. The van der Waals surface area contributed by atoms with Gasteiger partial charge in [0.15, 0.2) is 0 Å². The molecular formula is C10H7FN2O. The fourth-order valence-corrected chi connectivity index (χ4v) is 1.13. The predicted molar refractivity (Wildman–Crippen MR) is 49.8 cm³/mol. The van der Waals surface area contributed by atoms with E-state index in [1.165, 1.54) is 6.07 Å². The van der Waals surface area contributed by atoms with E-state index in [0.29, 0.717) is 5.56 Å². The van der Waals surface area contributed by atoms with Crippen LogP contribution in [0.2, 0.25) is 0 Å². The van der Waals surface area contributed by atoms with Crippen LogP contribution in [0, 0.1) is 5.82 Å². The lowest BCUT2D eigenvalue weighted by atomic mass is 10.1. The summed E-state index contributed by atoms with van der Waals surface area (Å²) in [7, 11) is 0. The Bertz CT molecular complexity index is 451. The standard InChI is InChI=1S/C10H7FN2O/c1-2-7-3-4-8(9(11)5-7)10-12-6-14-13-10/h2-6H,1H2. The lowest BCUT2D eigenvalue weighted by Crippen LogP contribution is -1.87. The van der Waals surface area contributed by atoms with E-state index in [1.807, 2.05) is 0 Å². The lowest BCUT2D eigenvalue weighted by molar-refractivity contribution is 0.418. The molecule has 70 valence electrons. The van der Waals surface area contributed by atoms with E-state index in [-0.39, 0.29) is 11.6 Å². The number of aromatic nitrogens is 2. The molecule has 2 aromatic rings. The smallest absolute Gasteiger partial charge is 0.214 e. The third-order valence-electron chi connectivity index (χ3n) is 1.83. The molecule has 2 rings (SSSR count). The van der Waals surface area contributed by atoms with Gasteiger partial charge >= 0.3 is 0 Å². The molecule has 1 aromatic carbocycles. The fraction of sp³-hybridized carbons (Fsp3) is 0. The molecule has 1 heterocycles. The Morgan fingerprint density at radius 3 is 2.86 bits per heavy atom. The second-order valence-corrected chi connectivity index (χ2v) is 2.70. The molecule has 0 atom stereocenters. The van der Waals surface area contributed by atoms with Gasteiger partial charge < -0.3 is 4.52 Å². The molecule has 0 saturated carbocycles. The van der Waals surface area contributed by atoms with Crippen LogP contribution in [0.25, 0.3) is 17.5 Å². The number of rotatable bonds is 2. The maximum atomic E-state index is 13.4. The Morgan fingerprint density at radius 1 is 1.43 bits per heavy atom. The van der Waals surface area contributed by atoms with Gasteiger partial charge in [-0.3, -0.25) is 0 Å². The maximum absolute atomic E-state index is 13.4. The highest BCUT2D eigenvalue weighted by Crippen LogP contribution is 2.20. The quantitative estimate of drug-likeness (QED) is 0.730. The molecule has 0 saturated heterocycles. The zero-order valence-corrected chi connectivity index (χ0v) is 7.27. The Morgan fingerprint density at radius 2 is 2.29 bits per heavy atom. The summed E-state index contributed by atoms with van der Waals surface area (Å²) in [5, 5.41) is 3.55. The number of nitrogens with zero attached hydrogens (tertiary/aromatic N) is 2. The molecule has 4 heteroatoms. The molecule has 0 amide bonds. The second kappa shape index (κ2) is 3.41. The highest BCUT2D eigenvalue weighted by molar-refractivity contribution is 5.59. The molecule has 0 fully saturated rings. The van der Waals surface area contributed by atoms with E-state index in [9.17, 15) is 4.39 Å². The molecule has 3 nitrogen and oxygen atoms in total. The van der Waals surface area contributed by atoms with Gasteiger partial charge in [0.25, 0.3) is 0 Å². The normalized spacial score (nSPS) is 10.1. The van der Waals surface area contributed by atoms with Gasteiger partial charge in [0.05, 0.1) is 5.56 Å². The average molecular weight is 190 g/mol. The van der Waals surface area contributed by atoms with Crippen LogP contribution in [0.1, 0.15) is 5.56 Å². The molecule has 0 aliphatic carbocycles. The zero-order chi connectivity index (χ0) is 9.97. The molecule has 0 N–H and O–H groups in total. The molecule has 0 radical (unpaired) electrons.